The molecule has 3 aromatic rings. The molecule has 0 fully saturated rings. The Balaban J connectivity index is 1.70. The highest BCUT2D eigenvalue weighted by atomic mass is 35.5. The van der Waals surface area contributed by atoms with Gasteiger partial charge in [0, 0.05) is 24.9 Å². The van der Waals surface area contributed by atoms with Gasteiger partial charge in [-0.3, -0.25) is 14.6 Å². The van der Waals surface area contributed by atoms with E-state index in [1.807, 2.05) is 0 Å². The summed E-state index contributed by atoms with van der Waals surface area (Å²) < 4.78 is 10.6. The van der Waals surface area contributed by atoms with Gasteiger partial charge in [0.25, 0.3) is 0 Å². The summed E-state index contributed by atoms with van der Waals surface area (Å²) in [7, 11) is 4.51. The van der Waals surface area contributed by atoms with Crippen LogP contribution in [0.25, 0.3) is 0 Å². The van der Waals surface area contributed by atoms with Gasteiger partial charge in [0.1, 0.15) is 27.4 Å². The van der Waals surface area contributed by atoms with Crippen molar-refractivity contribution in [3.05, 3.63) is 52.1 Å². The van der Waals surface area contributed by atoms with Gasteiger partial charge in [-0.1, -0.05) is 35.3 Å². The number of carbonyl (C=O) groups is 2. The Morgan fingerprint density at radius 3 is 2.35 bits per heavy atom. The molecule has 3 amide bonds. The molecule has 0 bridgehead atoms. The SMILES string of the molecule is COc1cc(OC)c(Cl)c(N2Cc3cnc(Nc4ccccc4NC=O)nc3N(C)C2=O)c1Cl. The lowest BCUT2D eigenvalue weighted by Gasteiger charge is -2.35. The van der Waals surface area contributed by atoms with Gasteiger partial charge in [-0.05, 0) is 12.1 Å². The molecular formula is C22H20Cl2N6O4. The molecule has 0 saturated carbocycles. The Morgan fingerprint density at radius 2 is 1.74 bits per heavy atom. The summed E-state index contributed by atoms with van der Waals surface area (Å²) in [6.07, 6.45) is 2.19. The molecular weight excluding hydrogens is 483 g/mol. The van der Waals surface area contributed by atoms with Crippen molar-refractivity contribution >= 4 is 64.5 Å². The van der Waals surface area contributed by atoms with Gasteiger partial charge in [0.15, 0.2) is 0 Å². The van der Waals surface area contributed by atoms with Gasteiger partial charge in [0.05, 0.1) is 37.8 Å². The summed E-state index contributed by atoms with van der Waals surface area (Å²) >= 11 is 13.0. The van der Waals surface area contributed by atoms with E-state index in [-0.39, 0.29) is 28.2 Å². The zero-order valence-electron chi connectivity index (χ0n) is 18.4. The maximum atomic E-state index is 13.3. The number of hydrogen-bond donors (Lipinski definition) is 2. The maximum Gasteiger partial charge on any atom is 0.330 e. The van der Waals surface area contributed by atoms with Crippen LogP contribution in [0.3, 0.4) is 0 Å². The number of carbonyl (C=O) groups excluding carboxylic acids is 2. The summed E-state index contributed by atoms with van der Waals surface area (Å²) in [6.45, 7) is 0.123. The first-order valence-corrected chi connectivity index (χ1v) is 10.7. The van der Waals surface area contributed by atoms with E-state index >= 15 is 0 Å². The van der Waals surface area contributed by atoms with E-state index in [0.29, 0.717) is 40.7 Å². The summed E-state index contributed by atoms with van der Waals surface area (Å²) in [5, 5.41) is 6.03. The van der Waals surface area contributed by atoms with Crippen molar-refractivity contribution in [3.8, 4) is 11.5 Å². The number of hydrogen-bond acceptors (Lipinski definition) is 7. The minimum Gasteiger partial charge on any atom is -0.495 e. The highest BCUT2D eigenvalue weighted by Crippen LogP contribution is 2.47. The van der Waals surface area contributed by atoms with Crippen molar-refractivity contribution in [2.24, 2.45) is 0 Å². The number of ether oxygens (including phenoxy) is 2. The molecule has 0 saturated heterocycles. The Kier molecular flexibility index (Phi) is 6.62. The molecule has 1 aliphatic heterocycles. The molecule has 34 heavy (non-hydrogen) atoms. The molecule has 0 spiro atoms. The zero-order valence-corrected chi connectivity index (χ0v) is 19.9. The third-order valence-corrected chi connectivity index (χ3v) is 5.94. The first-order valence-electron chi connectivity index (χ1n) is 9.97. The van der Waals surface area contributed by atoms with E-state index < -0.39 is 6.03 Å². The molecule has 10 nitrogen and oxygen atoms in total. The number of methoxy groups -OCH3 is 2. The fraction of sp³-hybridized carbons (Fsp3) is 0.182. The normalized spacial score (nSPS) is 12.8. The number of aromatic nitrogens is 2. The highest BCUT2D eigenvalue weighted by Gasteiger charge is 2.34. The second-order valence-corrected chi connectivity index (χ2v) is 7.92. The predicted octanol–water partition coefficient (Wildman–Crippen LogP) is 4.69. The summed E-state index contributed by atoms with van der Waals surface area (Å²) in [5.74, 6) is 1.31. The number of para-hydroxylation sites is 2. The monoisotopic (exact) mass is 502 g/mol. The van der Waals surface area contributed by atoms with Gasteiger partial charge < -0.3 is 20.1 Å². The van der Waals surface area contributed by atoms with E-state index in [2.05, 4.69) is 20.6 Å². The average Bonchev–Trinajstić information content (AvgIpc) is 2.84. The number of benzene rings is 2. The quantitative estimate of drug-likeness (QED) is 0.451. The van der Waals surface area contributed by atoms with Crippen LogP contribution in [0.15, 0.2) is 36.5 Å². The molecule has 1 aliphatic rings. The molecule has 2 aromatic carbocycles. The number of rotatable bonds is 7. The topological polar surface area (TPSA) is 109 Å². The van der Waals surface area contributed by atoms with E-state index in [1.54, 1.807) is 43.6 Å². The van der Waals surface area contributed by atoms with Crippen LogP contribution < -0.4 is 29.9 Å². The molecule has 176 valence electrons. The van der Waals surface area contributed by atoms with Crippen LogP contribution in [0.5, 0.6) is 11.5 Å². The van der Waals surface area contributed by atoms with Crippen molar-refractivity contribution in [2.75, 3.05) is 41.7 Å². The second-order valence-electron chi connectivity index (χ2n) is 7.16. The van der Waals surface area contributed by atoms with Crippen molar-refractivity contribution < 1.29 is 19.1 Å². The first kappa shape index (κ1) is 23.4. The lowest BCUT2D eigenvalue weighted by Crippen LogP contribution is -2.46. The van der Waals surface area contributed by atoms with Crippen LogP contribution in [0.4, 0.5) is 33.6 Å². The summed E-state index contributed by atoms with van der Waals surface area (Å²) in [6, 6.07) is 8.25. The highest BCUT2D eigenvalue weighted by molar-refractivity contribution is 6.42. The zero-order chi connectivity index (χ0) is 24.4. The molecule has 2 N–H and O–H groups in total. The predicted molar refractivity (Wildman–Crippen MR) is 131 cm³/mol. The Morgan fingerprint density at radius 1 is 1.09 bits per heavy atom. The Labute approximate surface area is 205 Å². The maximum absolute atomic E-state index is 13.3. The van der Waals surface area contributed by atoms with Gasteiger partial charge in [-0.2, -0.15) is 4.98 Å². The third-order valence-electron chi connectivity index (χ3n) is 5.21. The number of nitrogens with zero attached hydrogens (tertiary/aromatic N) is 4. The fourth-order valence-corrected chi connectivity index (χ4v) is 4.26. The van der Waals surface area contributed by atoms with E-state index in [1.165, 1.54) is 24.0 Å². The molecule has 0 atom stereocenters. The average molecular weight is 503 g/mol. The van der Waals surface area contributed by atoms with Crippen LogP contribution in [0.1, 0.15) is 5.56 Å². The van der Waals surface area contributed by atoms with Crippen molar-refractivity contribution in [2.45, 2.75) is 6.54 Å². The van der Waals surface area contributed by atoms with Crippen LogP contribution in [-0.2, 0) is 11.3 Å². The minimum atomic E-state index is -0.403. The molecule has 12 heteroatoms. The second kappa shape index (κ2) is 9.62. The van der Waals surface area contributed by atoms with Gasteiger partial charge in [-0.15, -0.1) is 0 Å². The number of halogens is 2. The van der Waals surface area contributed by atoms with Crippen LogP contribution in [0, 0.1) is 0 Å². The lowest BCUT2D eigenvalue weighted by molar-refractivity contribution is -0.105. The Hall–Kier alpha value is -3.76. The number of anilines is 5. The van der Waals surface area contributed by atoms with Gasteiger partial charge in [-0.25, -0.2) is 9.78 Å². The van der Waals surface area contributed by atoms with Crippen LogP contribution in [0.2, 0.25) is 10.0 Å². The van der Waals surface area contributed by atoms with Crippen molar-refractivity contribution in [1.29, 1.82) is 0 Å². The van der Waals surface area contributed by atoms with E-state index in [4.69, 9.17) is 32.7 Å². The van der Waals surface area contributed by atoms with Crippen LogP contribution >= 0.6 is 23.2 Å². The number of urea groups is 1. The molecule has 4 rings (SSSR count). The molecule has 0 aliphatic carbocycles. The Bertz CT molecular complexity index is 1240. The summed E-state index contributed by atoms with van der Waals surface area (Å²) in [5.41, 5.74) is 2.09. The smallest absolute Gasteiger partial charge is 0.330 e. The van der Waals surface area contributed by atoms with E-state index in [0.717, 1.165) is 0 Å². The number of amides is 3. The minimum absolute atomic E-state index is 0.123. The fourth-order valence-electron chi connectivity index (χ4n) is 3.56. The molecule has 1 aromatic heterocycles. The van der Waals surface area contributed by atoms with Crippen molar-refractivity contribution in [1.82, 2.24) is 9.97 Å². The first-order chi connectivity index (χ1) is 16.4. The molecule has 2 heterocycles. The largest absolute Gasteiger partial charge is 0.495 e. The van der Waals surface area contributed by atoms with Crippen molar-refractivity contribution in [3.63, 3.8) is 0 Å². The molecule has 0 radical (unpaired) electrons. The van der Waals surface area contributed by atoms with Gasteiger partial charge in [0.2, 0.25) is 12.4 Å². The summed E-state index contributed by atoms with van der Waals surface area (Å²) in [4.78, 5) is 35.9. The van der Waals surface area contributed by atoms with Gasteiger partial charge >= 0.3 is 6.03 Å². The molecule has 0 unspecified atom stereocenters. The lowest BCUT2D eigenvalue weighted by atomic mass is 10.2. The standard InChI is InChI=1S/C22H20Cl2N6O4/c1-29-20-12(9-25-21(28-20)27-14-7-5-4-6-13(14)26-11-31)10-30(22(29)32)19-17(23)15(33-2)8-16(34-3)18(19)24/h4-9,11H,10H2,1-3H3,(H,26,31)(H,25,27,28). The van der Waals surface area contributed by atoms with E-state index in [9.17, 15) is 9.59 Å². The number of fused-ring (bicyclic) bond motifs is 1. The third kappa shape index (κ3) is 4.13. The van der Waals surface area contributed by atoms with Crippen LogP contribution in [-0.4, -0.2) is 43.7 Å². The number of nitrogens with one attached hydrogen (secondary N) is 2.